The van der Waals surface area contributed by atoms with E-state index in [1.54, 1.807) is 29.2 Å². The van der Waals surface area contributed by atoms with Gasteiger partial charge in [-0.3, -0.25) is 0 Å². The van der Waals surface area contributed by atoms with E-state index in [4.69, 9.17) is 0 Å². The highest BCUT2D eigenvalue weighted by atomic mass is 15.4. The topological polar surface area (TPSA) is 82.3 Å². The molecule has 3 aromatic heterocycles. The van der Waals surface area contributed by atoms with E-state index in [9.17, 15) is 0 Å². The maximum absolute atomic E-state index is 4.49. The van der Waals surface area contributed by atoms with Crippen molar-refractivity contribution in [3.63, 3.8) is 0 Å². The predicted molar refractivity (Wildman–Crippen MR) is 67.7 cm³/mol. The third kappa shape index (κ3) is 2.17. The summed E-state index contributed by atoms with van der Waals surface area (Å²) in [5.41, 5.74) is 1.43. The van der Waals surface area contributed by atoms with Crippen molar-refractivity contribution in [3.8, 4) is 23.0 Å². The molecule has 3 rings (SSSR count). The SMILES string of the molecule is CCn1nc(-c2ccncn2)nc1-c1ccncn1. The van der Waals surface area contributed by atoms with Crippen molar-refractivity contribution < 1.29 is 0 Å². The van der Waals surface area contributed by atoms with Crippen LogP contribution in [0.2, 0.25) is 0 Å². The van der Waals surface area contributed by atoms with E-state index in [2.05, 4.69) is 30.0 Å². The second-order valence-electron chi connectivity index (χ2n) is 3.76. The first-order valence-corrected chi connectivity index (χ1v) is 5.86. The molecule has 0 bridgehead atoms. The summed E-state index contributed by atoms with van der Waals surface area (Å²) in [6.45, 7) is 2.71. The molecule has 19 heavy (non-hydrogen) atoms. The maximum Gasteiger partial charge on any atom is 0.200 e. The molecule has 94 valence electrons. The average Bonchev–Trinajstić information content (AvgIpc) is 2.93. The first kappa shape index (κ1) is 11.4. The molecule has 0 saturated carbocycles. The molecule has 0 aliphatic heterocycles. The number of hydrogen-bond acceptors (Lipinski definition) is 6. The lowest BCUT2D eigenvalue weighted by Crippen LogP contribution is -2.00. The summed E-state index contributed by atoms with van der Waals surface area (Å²) < 4.78 is 1.79. The lowest BCUT2D eigenvalue weighted by molar-refractivity contribution is 0.665. The van der Waals surface area contributed by atoms with Gasteiger partial charge in [0.05, 0.1) is 0 Å². The van der Waals surface area contributed by atoms with Gasteiger partial charge in [-0.1, -0.05) is 0 Å². The van der Waals surface area contributed by atoms with Gasteiger partial charge in [-0.25, -0.2) is 29.6 Å². The Morgan fingerprint density at radius 2 is 1.68 bits per heavy atom. The number of aromatic nitrogens is 7. The molecule has 0 aliphatic carbocycles. The van der Waals surface area contributed by atoms with Crippen LogP contribution in [0, 0.1) is 0 Å². The summed E-state index contributed by atoms with van der Waals surface area (Å²) in [6.07, 6.45) is 6.32. The zero-order valence-corrected chi connectivity index (χ0v) is 10.3. The second-order valence-corrected chi connectivity index (χ2v) is 3.76. The summed E-state index contributed by atoms with van der Waals surface area (Å²) >= 11 is 0. The zero-order valence-electron chi connectivity index (χ0n) is 10.3. The Morgan fingerprint density at radius 1 is 1.00 bits per heavy atom. The van der Waals surface area contributed by atoms with Gasteiger partial charge >= 0.3 is 0 Å². The third-order valence-corrected chi connectivity index (χ3v) is 2.59. The van der Waals surface area contributed by atoms with Crippen LogP contribution in [0.4, 0.5) is 0 Å². The van der Waals surface area contributed by atoms with Crippen LogP contribution in [-0.2, 0) is 6.54 Å². The quantitative estimate of drug-likeness (QED) is 0.697. The molecule has 7 heteroatoms. The van der Waals surface area contributed by atoms with E-state index < -0.39 is 0 Å². The zero-order chi connectivity index (χ0) is 13.1. The number of nitrogens with zero attached hydrogens (tertiary/aromatic N) is 7. The monoisotopic (exact) mass is 253 g/mol. The maximum atomic E-state index is 4.49. The van der Waals surface area contributed by atoms with Crippen molar-refractivity contribution in [2.24, 2.45) is 0 Å². The highest BCUT2D eigenvalue weighted by Gasteiger charge is 2.13. The molecular weight excluding hydrogens is 242 g/mol. The van der Waals surface area contributed by atoms with Gasteiger partial charge < -0.3 is 0 Å². The molecular formula is C12H11N7. The predicted octanol–water partition coefficient (Wildman–Crippen LogP) is 1.21. The lowest BCUT2D eigenvalue weighted by Gasteiger charge is -1.99. The minimum absolute atomic E-state index is 0.567. The molecule has 0 saturated heterocycles. The van der Waals surface area contributed by atoms with E-state index in [0.29, 0.717) is 23.9 Å². The van der Waals surface area contributed by atoms with Crippen LogP contribution in [0.15, 0.2) is 37.2 Å². The normalized spacial score (nSPS) is 10.6. The molecule has 0 unspecified atom stereocenters. The number of hydrogen-bond donors (Lipinski definition) is 0. The van der Waals surface area contributed by atoms with Gasteiger partial charge in [-0.05, 0) is 19.1 Å². The molecule has 0 radical (unpaired) electrons. The summed E-state index contributed by atoms with van der Waals surface area (Å²) in [4.78, 5) is 20.6. The largest absolute Gasteiger partial charge is 0.245 e. The fourth-order valence-electron chi connectivity index (χ4n) is 1.71. The van der Waals surface area contributed by atoms with Crippen LogP contribution in [0.1, 0.15) is 6.92 Å². The standard InChI is InChI=1S/C12H11N7/c1-2-19-12(10-4-6-14-8-16-10)17-11(18-19)9-3-5-13-7-15-9/h3-8H,2H2,1H3. The Kier molecular flexibility index (Phi) is 2.93. The van der Waals surface area contributed by atoms with Crippen molar-refractivity contribution in [2.75, 3.05) is 0 Å². The van der Waals surface area contributed by atoms with Gasteiger partial charge in [0.15, 0.2) is 5.82 Å². The smallest absolute Gasteiger partial charge is 0.200 e. The van der Waals surface area contributed by atoms with Crippen LogP contribution in [-0.4, -0.2) is 34.7 Å². The summed E-state index contributed by atoms with van der Waals surface area (Å²) in [5.74, 6) is 1.27. The van der Waals surface area contributed by atoms with E-state index in [1.807, 2.05) is 6.92 Å². The Bertz CT molecular complexity index is 663. The summed E-state index contributed by atoms with van der Waals surface area (Å²) in [7, 11) is 0. The Labute approximate surface area is 109 Å². The molecule has 7 nitrogen and oxygen atoms in total. The molecule has 0 N–H and O–H groups in total. The van der Waals surface area contributed by atoms with Crippen molar-refractivity contribution in [1.29, 1.82) is 0 Å². The van der Waals surface area contributed by atoms with E-state index in [0.717, 1.165) is 5.69 Å². The molecule has 3 heterocycles. The fraction of sp³-hybridized carbons (Fsp3) is 0.167. The molecule has 0 aliphatic rings. The van der Waals surface area contributed by atoms with Crippen LogP contribution in [0.5, 0.6) is 0 Å². The first-order valence-electron chi connectivity index (χ1n) is 5.86. The van der Waals surface area contributed by atoms with Crippen LogP contribution < -0.4 is 0 Å². The van der Waals surface area contributed by atoms with Crippen molar-refractivity contribution in [2.45, 2.75) is 13.5 Å². The molecule has 0 fully saturated rings. The Morgan fingerprint density at radius 3 is 2.26 bits per heavy atom. The fourth-order valence-corrected chi connectivity index (χ4v) is 1.71. The average molecular weight is 253 g/mol. The van der Waals surface area contributed by atoms with Crippen molar-refractivity contribution in [3.05, 3.63) is 37.2 Å². The van der Waals surface area contributed by atoms with Crippen LogP contribution >= 0.6 is 0 Å². The molecule has 0 spiro atoms. The van der Waals surface area contributed by atoms with Crippen molar-refractivity contribution >= 4 is 0 Å². The van der Waals surface area contributed by atoms with Gasteiger partial charge in [-0.2, -0.15) is 0 Å². The molecule has 0 amide bonds. The third-order valence-electron chi connectivity index (χ3n) is 2.59. The molecule has 3 aromatic rings. The van der Waals surface area contributed by atoms with E-state index in [-0.39, 0.29) is 0 Å². The van der Waals surface area contributed by atoms with Gasteiger partial charge in [0.25, 0.3) is 0 Å². The Balaban J connectivity index is 2.09. The van der Waals surface area contributed by atoms with Gasteiger partial charge in [-0.15, -0.1) is 5.10 Å². The molecule has 0 atom stereocenters. The Hall–Kier alpha value is -2.70. The van der Waals surface area contributed by atoms with E-state index >= 15 is 0 Å². The minimum Gasteiger partial charge on any atom is -0.245 e. The lowest BCUT2D eigenvalue weighted by atomic mass is 10.3. The molecule has 0 aromatic carbocycles. The highest BCUT2D eigenvalue weighted by Crippen LogP contribution is 2.18. The second kappa shape index (κ2) is 4.89. The highest BCUT2D eigenvalue weighted by molar-refractivity contribution is 5.55. The van der Waals surface area contributed by atoms with Gasteiger partial charge in [0.2, 0.25) is 5.82 Å². The number of rotatable bonds is 3. The first-order chi connectivity index (χ1) is 9.38. The van der Waals surface area contributed by atoms with Crippen LogP contribution in [0.25, 0.3) is 23.0 Å². The number of aryl methyl sites for hydroxylation is 1. The van der Waals surface area contributed by atoms with Gasteiger partial charge in [0, 0.05) is 18.9 Å². The van der Waals surface area contributed by atoms with Gasteiger partial charge in [0.1, 0.15) is 24.0 Å². The van der Waals surface area contributed by atoms with Crippen LogP contribution in [0.3, 0.4) is 0 Å². The van der Waals surface area contributed by atoms with Crippen molar-refractivity contribution in [1.82, 2.24) is 34.7 Å². The summed E-state index contributed by atoms with van der Waals surface area (Å²) in [5, 5.41) is 4.43. The summed E-state index contributed by atoms with van der Waals surface area (Å²) in [6, 6.07) is 3.58. The van der Waals surface area contributed by atoms with E-state index in [1.165, 1.54) is 12.7 Å². The minimum atomic E-state index is 0.567.